The monoisotopic (exact) mass is 195 g/mol. The first-order chi connectivity index (χ1) is 6.83. The van der Waals surface area contributed by atoms with Crippen LogP contribution in [0, 0.1) is 0 Å². The van der Waals surface area contributed by atoms with E-state index in [1.54, 1.807) is 4.68 Å². The van der Waals surface area contributed by atoms with E-state index in [2.05, 4.69) is 5.10 Å². The Hall–Kier alpha value is -1.03. The zero-order valence-electron chi connectivity index (χ0n) is 8.33. The Morgan fingerprint density at radius 3 is 2.93 bits per heavy atom. The van der Waals surface area contributed by atoms with Crippen molar-refractivity contribution in [1.29, 1.82) is 0 Å². The van der Waals surface area contributed by atoms with Crippen LogP contribution in [-0.4, -0.2) is 16.3 Å². The van der Waals surface area contributed by atoms with Gasteiger partial charge in [0, 0.05) is 11.8 Å². The molecule has 0 bridgehead atoms. The Balaban J connectivity index is 2.11. The van der Waals surface area contributed by atoms with E-state index in [1.165, 1.54) is 6.42 Å². The first kappa shape index (κ1) is 9.52. The smallest absolute Gasteiger partial charge is 0.269 e. The van der Waals surface area contributed by atoms with Gasteiger partial charge in [0.15, 0.2) is 0 Å². The largest absolute Gasteiger partial charge is 0.330 e. The average molecular weight is 195 g/mol. The van der Waals surface area contributed by atoms with Gasteiger partial charge in [0.2, 0.25) is 0 Å². The van der Waals surface area contributed by atoms with Crippen LogP contribution < -0.4 is 11.3 Å². The summed E-state index contributed by atoms with van der Waals surface area (Å²) in [7, 11) is 0. The minimum Gasteiger partial charge on any atom is -0.330 e. The predicted molar refractivity (Wildman–Crippen MR) is 55.3 cm³/mol. The van der Waals surface area contributed by atoms with Crippen LogP contribution in [0.25, 0.3) is 0 Å². The zero-order valence-corrected chi connectivity index (χ0v) is 8.33. The summed E-state index contributed by atoms with van der Waals surface area (Å²) in [5, 5.41) is 3.05. The van der Waals surface area contributed by atoms with Crippen LogP contribution in [0.5, 0.6) is 0 Å². The molecule has 1 saturated carbocycles. The summed E-state index contributed by atoms with van der Waals surface area (Å²) >= 11 is 0. The number of rotatable bonds is 4. The van der Waals surface area contributed by atoms with Crippen molar-refractivity contribution in [2.45, 2.75) is 38.1 Å². The molecule has 0 amide bonds. The minimum atomic E-state index is 0.156. The van der Waals surface area contributed by atoms with Crippen LogP contribution in [0.1, 0.15) is 37.3 Å². The van der Waals surface area contributed by atoms with E-state index in [4.69, 9.17) is 5.73 Å². The minimum absolute atomic E-state index is 0.156. The second-order valence-electron chi connectivity index (χ2n) is 3.95. The van der Waals surface area contributed by atoms with Gasteiger partial charge >= 0.3 is 0 Å². The Morgan fingerprint density at radius 2 is 2.36 bits per heavy atom. The molecule has 0 aliphatic heterocycles. The molecule has 0 radical (unpaired) electrons. The van der Waals surface area contributed by atoms with Crippen LogP contribution in [0.15, 0.2) is 11.0 Å². The highest BCUT2D eigenvalue weighted by molar-refractivity contribution is 5.06. The van der Waals surface area contributed by atoms with E-state index in [0.717, 1.165) is 31.2 Å². The van der Waals surface area contributed by atoms with Gasteiger partial charge in [-0.3, -0.25) is 4.79 Å². The number of hydrogen-bond donors (Lipinski definition) is 2. The molecule has 1 aromatic heterocycles. The Bertz CT molecular complexity index is 348. The molecular formula is C10H17N3O. The Kier molecular flexibility index (Phi) is 2.72. The third-order valence-electron chi connectivity index (χ3n) is 2.96. The van der Waals surface area contributed by atoms with Crippen LogP contribution >= 0.6 is 0 Å². The summed E-state index contributed by atoms with van der Waals surface area (Å²) in [5.41, 5.74) is 6.44. The summed E-state index contributed by atoms with van der Waals surface area (Å²) < 4.78 is 1.77. The van der Waals surface area contributed by atoms with Crippen molar-refractivity contribution in [1.82, 2.24) is 9.78 Å². The highest BCUT2D eigenvalue weighted by atomic mass is 16.1. The number of nitrogens with one attached hydrogen (secondary N) is 1. The summed E-state index contributed by atoms with van der Waals surface area (Å²) in [5.74, 6) is 0. The molecule has 1 heterocycles. The molecule has 1 aliphatic rings. The summed E-state index contributed by atoms with van der Waals surface area (Å²) in [6, 6.07) is 0.425. The maximum absolute atomic E-state index is 11.8. The summed E-state index contributed by atoms with van der Waals surface area (Å²) in [4.78, 5) is 11.8. The van der Waals surface area contributed by atoms with Gasteiger partial charge in [-0.1, -0.05) is 0 Å². The molecule has 4 heteroatoms. The fourth-order valence-corrected chi connectivity index (χ4v) is 1.81. The van der Waals surface area contributed by atoms with Gasteiger partial charge in [0.05, 0.1) is 6.04 Å². The lowest BCUT2D eigenvalue weighted by Gasteiger charge is -2.25. The lowest BCUT2D eigenvalue weighted by atomic mass is 9.93. The van der Waals surface area contributed by atoms with E-state index in [-0.39, 0.29) is 5.56 Å². The van der Waals surface area contributed by atoms with Crippen molar-refractivity contribution in [2.75, 3.05) is 6.54 Å². The number of nitrogens with two attached hydrogens (primary N) is 1. The van der Waals surface area contributed by atoms with Gasteiger partial charge in [-0.2, -0.15) is 0 Å². The van der Waals surface area contributed by atoms with E-state index in [9.17, 15) is 4.79 Å². The summed E-state index contributed by atoms with van der Waals surface area (Å²) in [6.07, 6.45) is 7.03. The van der Waals surface area contributed by atoms with E-state index < -0.39 is 0 Å². The van der Waals surface area contributed by atoms with Crippen molar-refractivity contribution >= 4 is 0 Å². The van der Waals surface area contributed by atoms with Crippen LogP contribution in [0.2, 0.25) is 0 Å². The van der Waals surface area contributed by atoms with Crippen molar-refractivity contribution in [2.24, 2.45) is 5.73 Å². The molecule has 0 aromatic carbocycles. The molecule has 78 valence electrons. The number of aromatic nitrogens is 2. The molecule has 4 nitrogen and oxygen atoms in total. The van der Waals surface area contributed by atoms with Crippen molar-refractivity contribution < 1.29 is 0 Å². The second kappa shape index (κ2) is 4.00. The summed E-state index contributed by atoms with van der Waals surface area (Å²) in [6.45, 7) is 0.647. The third-order valence-corrected chi connectivity index (χ3v) is 2.96. The molecular weight excluding hydrogens is 178 g/mol. The third kappa shape index (κ3) is 1.62. The molecule has 1 fully saturated rings. The molecule has 0 atom stereocenters. The topological polar surface area (TPSA) is 63.8 Å². The second-order valence-corrected chi connectivity index (χ2v) is 3.95. The molecule has 0 spiro atoms. The lowest BCUT2D eigenvalue weighted by Crippen LogP contribution is -2.28. The normalized spacial score (nSPS) is 16.9. The molecule has 3 N–H and O–H groups in total. The lowest BCUT2D eigenvalue weighted by molar-refractivity contribution is 0.283. The maximum atomic E-state index is 11.8. The van der Waals surface area contributed by atoms with Crippen molar-refractivity contribution in [3.63, 3.8) is 0 Å². The van der Waals surface area contributed by atoms with E-state index in [1.807, 2.05) is 6.20 Å². The maximum Gasteiger partial charge on any atom is 0.269 e. The van der Waals surface area contributed by atoms with Crippen molar-refractivity contribution in [3.05, 3.63) is 22.1 Å². The number of nitrogens with zero attached hydrogens (tertiary/aromatic N) is 1. The first-order valence-corrected chi connectivity index (χ1v) is 5.32. The van der Waals surface area contributed by atoms with Gasteiger partial charge in [0.1, 0.15) is 0 Å². The van der Waals surface area contributed by atoms with Crippen LogP contribution in [0.3, 0.4) is 0 Å². The van der Waals surface area contributed by atoms with Crippen molar-refractivity contribution in [3.8, 4) is 0 Å². The molecule has 0 saturated heterocycles. The van der Waals surface area contributed by atoms with E-state index >= 15 is 0 Å². The van der Waals surface area contributed by atoms with Gasteiger partial charge in [-0.25, -0.2) is 4.68 Å². The molecule has 1 aromatic rings. The first-order valence-electron chi connectivity index (χ1n) is 5.32. The predicted octanol–water partition coefficient (Wildman–Crippen LogP) is 0.793. The number of H-pyrrole nitrogens is 1. The molecule has 1 aliphatic carbocycles. The van der Waals surface area contributed by atoms with Gasteiger partial charge in [-0.15, -0.1) is 0 Å². The SMILES string of the molecule is NCCCc1c[nH]n(C2CCC2)c1=O. The van der Waals surface area contributed by atoms with E-state index in [0.29, 0.717) is 12.6 Å². The number of hydrogen-bond acceptors (Lipinski definition) is 2. The molecule has 2 rings (SSSR count). The molecule has 0 unspecified atom stereocenters. The standard InChI is InChI=1S/C10H17N3O/c11-6-2-3-8-7-12-13(10(8)14)9-4-1-5-9/h7,9,12H,1-6,11H2. The fourth-order valence-electron chi connectivity index (χ4n) is 1.81. The average Bonchev–Trinajstić information content (AvgIpc) is 2.43. The fraction of sp³-hybridized carbons (Fsp3) is 0.700. The Labute approximate surface area is 83.1 Å². The molecule has 14 heavy (non-hydrogen) atoms. The quantitative estimate of drug-likeness (QED) is 0.746. The Morgan fingerprint density at radius 1 is 1.57 bits per heavy atom. The highest BCUT2D eigenvalue weighted by Gasteiger charge is 2.22. The number of aromatic amines is 1. The highest BCUT2D eigenvalue weighted by Crippen LogP contribution is 2.29. The zero-order chi connectivity index (χ0) is 9.97. The van der Waals surface area contributed by atoms with Crippen LogP contribution in [-0.2, 0) is 6.42 Å². The van der Waals surface area contributed by atoms with Gasteiger partial charge < -0.3 is 10.8 Å². The number of aryl methyl sites for hydroxylation is 1. The van der Waals surface area contributed by atoms with Gasteiger partial charge in [-0.05, 0) is 38.6 Å². The van der Waals surface area contributed by atoms with Gasteiger partial charge in [0.25, 0.3) is 5.56 Å². The van der Waals surface area contributed by atoms with Crippen LogP contribution in [0.4, 0.5) is 0 Å².